The van der Waals surface area contributed by atoms with Gasteiger partial charge in [-0.1, -0.05) is 32.6 Å². The highest BCUT2D eigenvalue weighted by Gasteiger charge is 2.02. The molecule has 17 heavy (non-hydrogen) atoms. The fourth-order valence-corrected chi connectivity index (χ4v) is 1.38. The zero-order valence-electron chi connectivity index (χ0n) is 10.5. The van der Waals surface area contributed by atoms with Crippen molar-refractivity contribution in [1.82, 2.24) is 5.32 Å². The fourth-order valence-electron chi connectivity index (χ4n) is 1.38. The van der Waals surface area contributed by atoms with Crippen molar-refractivity contribution >= 4 is 11.9 Å². The average molecular weight is 245 g/mol. The van der Waals surface area contributed by atoms with Gasteiger partial charge in [0.1, 0.15) is 6.61 Å². The van der Waals surface area contributed by atoms with Crippen LogP contribution in [0.1, 0.15) is 45.4 Å². The minimum Gasteiger partial charge on any atom is -0.480 e. The van der Waals surface area contributed by atoms with Crippen molar-refractivity contribution in [1.29, 1.82) is 0 Å². The van der Waals surface area contributed by atoms with Crippen molar-refractivity contribution in [2.45, 2.75) is 45.4 Å². The summed E-state index contributed by atoms with van der Waals surface area (Å²) in [5, 5.41) is 11.0. The van der Waals surface area contributed by atoms with Crippen molar-refractivity contribution in [3.05, 3.63) is 0 Å². The van der Waals surface area contributed by atoms with Crippen LogP contribution in [-0.4, -0.2) is 36.7 Å². The molecule has 0 fully saturated rings. The SMILES string of the molecule is CCCCCCCC(=O)OCCNCC(=O)O. The Bertz CT molecular complexity index is 219. The Morgan fingerprint density at radius 1 is 1.18 bits per heavy atom. The lowest BCUT2D eigenvalue weighted by molar-refractivity contribution is -0.143. The number of hydrogen-bond donors (Lipinski definition) is 2. The summed E-state index contributed by atoms with van der Waals surface area (Å²) in [5.41, 5.74) is 0. The van der Waals surface area contributed by atoms with Crippen LogP contribution in [0.4, 0.5) is 0 Å². The van der Waals surface area contributed by atoms with Gasteiger partial charge in [0, 0.05) is 13.0 Å². The Labute approximate surface area is 103 Å². The van der Waals surface area contributed by atoms with Crippen LogP contribution in [-0.2, 0) is 14.3 Å². The van der Waals surface area contributed by atoms with E-state index in [0.717, 1.165) is 12.8 Å². The van der Waals surface area contributed by atoms with E-state index in [4.69, 9.17) is 9.84 Å². The van der Waals surface area contributed by atoms with Crippen LogP contribution in [0.2, 0.25) is 0 Å². The molecule has 0 unspecified atom stereocenters. The van der Waals surface area contributed by atoms with Crippen molar-refractivity contribution in [3.63, 3.8) is 0 Å². The zero-order chi connectivity index (χ0) is 12.9. The molecular formula is C12H23NO4. The number of carbonyl (C=O) groups is 2. The Kier molecular flexibility index (Phi) is 10.7. The quantitative estimate of drug-likeness (QED) is 0.427. The highest BCUT2D eigenvalue weighted by molar-refractivity contribution is 5.69. The summed E-state index contributed by atoms with van der Waals surface area (Å²) >= 11 is 0. The average Bonchev–Trinajstić information content (AvgIpc) is 2.28. The van der Waals surface area contributed by atoms with Crippen LogP contribution in [0, 0.1) is 0 Å². The number of esters is 1. The second-order valence-electron chi connectivity index (χ2n) is 3.96. The van der Waals surface area contributed by atoms with E-state index < -0.39 is 5.97 Å². The van der Waals surface area contributed by atoms with E-state index in [1.54, 1.807) is 0 Å². The Morgan fingerprint density at radius 2 is 1.88 bits per heavy atom. The molecule has 0 saturated carbocycles. The normalized spacial score (nSPS) is 10.2. The molecule has 0 bridgehead atoms. The molecule has 0 aromatic heterocycles. The summed E-state index contributed by atoms with van der Waals surface area (Å²) in [7, 11) is 0. The van der Waals surface area contributed by atoms with Gasteiger partial charge in [-0.3, -0.25) is 9.59 Å². The van der Waals surface area contributed by atoms with Crippen molar-refractivity contribution in [2.24, 2.45) is 0 Å². The monoisotopic (exact) mass is 245 g/mol. The van der Waals surface area contributed by atoms with E-state index in [0.29, 0.717) is 13.0 Å². The Balaban J connectivity index is 3.20. The van der Waals surface area contributed by atoms with E-state index >= 15 is 0 Å². The molecule has 0 spiro atoms. The predicted octanol–water partition coefficient (Wildman–Crippen LogP) is 1.56. The molecule has 0 heterocycles. The Hall–Kier alpha value is -1.10. The summed E-state index contributed by atoms with van der Waals surface area (Å²) in [6.07, 6.45) is 5.99. The maximum atomic E-state index is 11.2. The maximum Gasteiger partial charge on any atom is 0.317 e. The van der Waals surface area contributed by atoms with Gasteiger partial charge >= 0.3 is 11.9 Å². The molecule has 5 nitrogen and oxygen atoms in total. The van der Waals surface area contributed by atoms with Gasteiger partial charge in [-0.2, -0.15) is 0 Å². The highest BCUT2D eigenvalue weighted by atomic mass is 16.5. The number of rotatable bonds is 11. The molecule has 0 aliphatic heterocycles. The second-order valence-corrected chi connectivity index (χ2v) is 3.96. The van der Waals surface area contributed by atoms with E-state index in [1.165, 1.54) is 19.3 Å². The molecule has 0 aliphatic rings. The van der Waals surface area contributed by atoms with Crippen molar-refractivity contribution in [3.8, 4) is 0 Å². The van der Waals surface area contributed by atoms with Crippen LogP contribution in [0.3, 0.4) is 0 Å². The summed E-state index contributed by atoms with van der Waals surface area (Å²) in [6.45, 7) is 2.67. The topological polar surface area (TPSA) is 75.6 Å². The van der Waals surface area contributed by atoms with Gasteiger partial charge in [-0.05, 0) is 6.42 Å². The smallest absolute Gasteiger partial charge is 0.317 e. The van der Waals surface area contributed by atoms with Gasteiger partial charge < -0.3 is 15.2 Å². The van der Waals surface area contributed by atoms with Gasteiger partial charge in [0.05, 0.1) is 6.54 Å². The molecule has 2 N–H and O–H groups in total. The number of aliphatic carboxylic acids is 1. The van der Waals surface area contributed by atoms with E-state index in [-0.39, 0.29) is 19.1 Å². The number of carboxylic acids is 1. The first-order chi connectivity index (χ1) is 8.16. The van der Waals surface area contributed by atoms with Gasteiger partial charge in [0.25, 0.3) is 0 Å². The molecule has 0 rings (SSSR count). The lowest BCUT2D eigenvalue weighted by Gasteiger charge is -2.05. The number of carboxylic acid groups (broad SMARTS) is 1. The van der Waals surface area contributed by atoms with Crippen LogP contribution in [0.15, 0.2) is 0 Å². The number of nitrogens with one attached hydrogen (secondary N) is 1. The third-order valence-electron chi connectivity index (χ3n) is 2.30. The van der Waals surface area contributed by atoms with Crippen molar-refractivity contribution < 1.29 is 19.4 Å². The van der Waals surface area contributed by atoms with Gasteiger partial charge in [0.2, 0.25) is 0 Å². The highest BCUT2D eigenvalue weighted by Crippen LogP contribution is 2.05. The van der Waals surface area contributed by atoms with E-state index in [9.17, 15) is 9.59 Å². The number of carbonyl (C=O) groups excluding carboxylic acids is 1. The molecule has 0 amide bonds. The summed E-state index contributed by atoms with van der Waals surface area (Å²) in [6, 6.07) is 0. The minimum atomic E-state index is -0.910. The second kappa shape index (κ2) is 11.4. The summed E-state index contributed by atoms with van der Waals surface area (Å²) in [5.74, 6) is -1.11. The Morgan fingerprint density at radius 3 is 2.53 bits per heavy atom. The zero-order valence-corrected chi connectivity index (χ0v) is 10.5. The number of hydrogen-bond acceptors (Lipinski definition) is 4. The molecule has 0 atom stereocenters. The standard InChI is InChI=1S/C12H23NO4/c1-2-3-4-5-6-7-12(16)17-9-8-13-10-11(14)15/h13H,2-10H2,1H3,(H,14,15). The van der Waals surface area contributed by atoms with Crippen LogP contribution < -0.4 is 5.32 Å². The van der Waals surface area contributed by atoms with Gasteiger partial charge in [-0.25, -0.2) is 0 Å². The fraction of sp³-hybridized carbons (Fsp3) is 0.833. The van der Waals surface area contributed by atoms with E-state index in [2.05, 4.69) is 12.2 Å². The van der Waals surface area contributed by atoms with E-state index in [1.807, 2.05) is 0 Å². The predicted molar refractivity (Wildman–Crippen MR) is 64.8 cm³/mol. The third kappa shape index (κ3) is 12.8. The molecule has 0 aromatic rings. The summed E-state index contributed by atoms with van der Waals surface area (Å²) in [4.78, 5) is 21.4. The number of unbranched alkanes of at least 4 members (excludes halogenated alkanes) is 4. The van der Waals surface area contributed by atoms with Gasteiger partial charge in [-0.15, -0.1) is 0 Å². The largest absolute Gasteiger partial charge is 0.480 e. The first-order valence-corrected chi connectivity index (χ1v) is 6.25. The van der Waals surface area contributed by atoms with Crippen molar-refractivity contribution in [2.75, 3.05) is 19.7 Å². The lowest BCUT2D eigenvalue weighted by atomic mass is 10.1. The minimum absolute atomic E-state index is 0.103. The molecule has 0 aromatic carbocycles. The van der Waals surface area contributed by atoms with Crippen LogP contribution >= 0.6 is 0 Å². The van der Waals surface area contributed by atoms with Crippen LogP contribution in [0.5, 0.6) is 0 Å². The third-order valence-corrected chi connectivity index (χ3v) is 2.30. The lowest BCUT2D eigenvalue weighted by Crippen LogP contribution is -2.26. The number of ether oxygens (including phenoxy) is 1. The maximum absolute atomic E-state index is 11.2. The molecular weight excluding hydrogens is 222 g/mol. The molecule has 100 valence electrons. The molecule has 0 aliphatic carbocycles. The molecule has 0 radical (unpaired) electrons. The van der Waals surface area contributed by atoms with Crippen LogP contribution in [0.25, 0.3) is 0 Å². The first-order valence-electron chi connectivity index (χ1n) is 6.25. The van der Waals surface area contributed by atoms with Gasteiger partial charge in [0.15, 0.2) is 0 Å². The summed E-state index contributed by atoms with van der Waals surface area (Å²) < 4.78 is 4.94. The molecule has 0 saturated heterocycles. The molecule has 5 heteroatoms. The first kappa shape index (κ1) is 15.9.